The van der Waals surface area contributed by atoms with Crippen LogP contribution in [0.3, 0.4) is 0 Å². The zero-order valence-corrected chi connectivity index (χ0v) is 8.43. The first-order valence-corrected chi connectivity index (χ1v) is 4.76. The third-order valence-electron chi connectivity index (χ3n) is 3.93. The summed E-state index contributed by atoms with van der Waals surface area (Å²) < 4.78 is 0. The van der Waals surface area contributed by atoms with E-state index in [2.05, 4.69) is 27.4 Å². The van der Waals surface area contributed by atoms with Gasteiger partial charge in [-0.1, -0.05) is 26.8 Å². The Morgan fingerprint density at radius 3 is 2.42 bits per heavy atom. The molecule has 0 heterocycles. The van der Waals surface area contributed by atoms with Crippen molar-refractivity contribution >= 4 is 0 Å². The zero-order valence-electron chi connectivity index (χ0n) is 8.43. The van der Waals surface area contributed by atoms with Gasteiger partial charge in [0.25, 0.3) is 0 Å². The average Bonchev–Trinajstić information content (AvgIpc) is 2.01. The van der Waals surface area contributed by atoms with Gasteiger partial charge in [-0.15, -0.1) is 6.58 Å². The standard InChI is InChI=1S/C11H20O/c1-5-11(4)8-6-7-9(12)10(11,2)3/h5,9,12H,1,6-8H2,2-4H3/t9-,11-/m1/s1. The lowest BCUT2D eigenvalue weighted by Crippen LogP contribution is -2.46. The summed E-state index contributed by atoms with van der Waals surface area (Å²) in [5.41, 5.74) is 0.0810. The maximum Gasteiger partial charge on any atom is 0.0599 e. The maximum atomic E-state index is 9.86. The Bertz CT molecular complexity index is 183. The van der Waals surface area contributed by atoms with Crippen molar-refractivity contribution in [3.8, 4) is 0 Å². The highest BCUT2D eigenvalue weighted by Crippen LogP contribution is 2.50. The summed E-state index contributed by atoms with van der Waals surface area (Å²) in [4.78, 5) is 0. The van der Waals surface area contributed by atoms with Gasteiger partial charge in [0.2, 0.25) is 0 Å². The van der Waals surface area contributed by atoms with Crippen LogP contribution in [0.2, 0.25) is 0 Å². The first-order valence-electron chi connectivity index (χ1n) is 4.76. The van der Waals surface area contributed by atoms with E-state index in [-0.39, 0.29) is 16.9 Å². The van der Waals surface area contributed by atoms with Crippen molar-refractivity contribution in [2.75, 3.05) is 0 Å². The highest BCUT2D eigenvalue weighted by Gasteiger charge is 2.46. The van der Waals surface area contributed by atoms with Crippen LogP contribution in [0.5, 0.6) is 0 Å². The van der Waals surface area contributed by atoms with E-state index in [0.717, 1.165) is 19.3 Å². The molecule has 0 radical (unpaired) electrons. The van der Waals surface area contributed by atoms with E-state index in [1.54, 1.807) is 0 Å². The summed E-state index contributed by atoms with van der Waals surface area (Å²) >= 11 is 0. The fourth-order valence-electron chi connectivity index (χ4n) is 2.09. The van der Waals surface area contributed by atoms with E-state index in [1.165, 1.54) is 0 Å². The van der Waals surface area contributed by atoms with Crippen LogP contribution in [-0.4, -0.2) is 11.2 Å². The molecular weight excluding hydrogens is 148 g/mol. The van der Waals surface area contributed by atoms with Gasteiger partial charge < -0.3 is 5.11 Å². The molecule has 1 fully saturated rings. The molecule has 0 aromatic rings. The summed E-state index contributed by atoms with van der Waals surface area (Å²) in [6, 6.07) is 0. The van der Waals surface area contributed by atoms with Gasteiger partial charge in [0.1, 0.15) is 0 Å². The first-order chi connectivity index (χ1) is 5.44. The molecule has 70 valence electrons. The molecule has 0 amide bonds. The second-order valence-electron chi connectivity index (χ2n) is 4.75. The molecule has 0 spiro atoms. The Morgan fingerprint density at radius 1 is 1.42 bits per heavy atom. The van der Waals surface area contributed by atoms with Crippen LogP contribution in [0.4, 0.5) is 0 Å². The predicted molar refractivity (Wildman–Crippen MR) is 51.9 cm³/mol. The van der Waals surface area contributed by atoms with Gasteiger partial charge in [0, 0.05) is 0 Å². The fourth-order valence-corrected chi connectivity index (χ4v) is 2.09. The van der Waals surface area contributed by atoms with Gasteiger partial charge in [0.05, 0.1) is 6.10 Å². The fraction of sp³-hybridized carbons (Fsp3) is 0.818. The summed E-state index contributed by atoms with van der Waals surface area (Å²) in [5.74, 6) is 0. The number of allylic oxidation sites excluding steroid dienone is 1. The van der Waals surface area contributed by atoms with Gasteiger partial charge in [0.15, 0.2) is 0 Å². The molecule has 1 N–H and O–H groups in total. The lowest BCUT2D eigenvalue weighted by Gasteiger charge is -2.49. The molecule has 0 unspecified atom stereocenters. The van der Waals surface area contributed by atoms with Crippen molar-refractivity contribution in [1.29, 1.82) is 0 Å². The van der Waals surface area contributed by atoms with Crippen molar-refractivity contribution in [3.05, 3.63) is 12.7 Å². The Kier molecular flexibility index (Phi) is 2.35. The minimum atomic E-state index is -0.172. The number of aliphatic hydroxyl groups is 1. The third-order valence-corrected chi connectivity index (χ3v) is 3.93. The summed E-state index contributed by atoms with van der Waals surface area (Å²) in [5, 5.41) is 9.86. The summed E-state index contributed by atoms with van der Waals surface area (Å²) in [6.07, 6.45) is 5.05. The van der Waals surface area contributed by atoms with Crippen LogP contribution < -0.4 is 0 Å². The molecule has 1 rings (SSSR count). The molecule has 0 saturated heterocycles. The third kappa shape index (κ3) is 1.20. The Morgan fingerprint density at radius 2 is 2.00 bits per heavy atom. The molecule has 12 heavy (non-hydrogen) atoms. The molecule has 1 aliphatic rings. The first kappa shape index (κ1) is 9.79. The van der Waals surface area contributed by atoms with Crippen LogP contribution in [0, 0.1) is 10.8 Å². The molecule has 1 aliphatic carbocycles. The van der Waals surface area contributed by atoms with E-state index in [1.807, 2.05) is 6.08 Å². The van der Waals surface area contributed by atoms with E-state index in [0.29, 0.717) is 0 Å². The second-order valence-corrected chi connectivity index (χ2v) is 4.75. The summed E-state index contributed by atoms with van der Waals surface area (Å²) in [7, 11) is 0. The Hall–Kier alpha value is -0.300. The zero-order chi connectivity index (χ0) is 9.41. The van der Waals surface area contributed by atoms with E-state index < -0.39 is 0 Å². The van der Waals surface area contributed by atoms with Crippen LogP contribution in [0.1, 0.15) is 40.0 Å². The molecule has 0 aromatic carbocycles. The average molecular weight is 168 g/mol. The molecule has 1 saturated carbocycles. The minimum absolute atomic E-state index is 0.0208. The van der Waals surface area contributed by atoms with Crippen molar-refractivity contribution in [2.45, 2.75) is 46.1 Å². The molecule has 0 aromatic heterocycles. The maximum absolute atomic E-state index is 9.86. The van der Waals surface area contributed by atoms with Crippen LogP contribution in [0.25, 0.3) is 0 Å². The second kappa shape index (κ2) is 2.88. The normalized spacial score (nSPS) is 40.8. The Labute approximate surface area is 75.5 Å². The number of aliphatic hydroxyl groups excluding tert-OH is 1. The van der Waals surface area contributed by atoms with E-state index in [9.17, 15) is 5.11 Å². The Balaban J connectivity index is 2.93. The lowest BCUT2D eigenvalue weighted by molar-refractivity contribution is -0.0579. The highest BCUT2D eigenvalue weighted by molar-refractivity contribution is 5.06. The smallest absolute Gasteiger partial charge is 0.0599 e. The van der Waals surface area contributed by atoms with Crippen molar-refractivity contribution < 1.29 is 5.11 Å². The number of hydrogen-bond acceptors (Lipinski definition) is 1. The minimum Gasteiger partial charge on any atom is -0.393 e. The van der Waals surface area contributed by atoms with Crippen LogP contribution >= 0.6 is 0 Å². The monoisotopic (exact) mass is 168 g/mol. The van der Waals surface area contributed by atoms with E-state index in [4.69, 9.17) is 0 Å². The molecule has 0 aliphatic heterocycles. The highest BCUT2D eigenvalue weighted by atomic mass is 16.3. The topological polar surface area (TPSA) is 20.2 Å². The van der Waals surface area contributed by atoms with Gasteiger partial charge in [-0.3, -0.25) is 0 Å². The molecule has 0 bridgehead atoms. The van der Waals surface area contributed by atoms with Crippen LogP contribution in [0.15, 0.2) is 12.7 Å². The largest absolute Gasteiger partial charge is 0.393 e. The number of rotatable bonds is 1. The SMILES string of the molecule is C=C[C@]1(C)CCC[C@@H](O)C1(C)C. The molecular formula is C11H20O. The molecule has 1 nitrogen and oxygen atoms in total. The van der Waals surface area contributed by atoms with Crippen molar-refractivity contribution in [2.24, 2.45) is 10.8 Å². The van der Waals surface area contributed by atoms with Crippen molar-refractivity contribution in [3.63, 3.8) is 0 Å². The van der Waals surface area contributed by atoms with E-state index >= 15 is 0 Å². The lowest BCUT2D eigenvalue weighted by atomic mass is 9.57. The van der Waals surface area contributed by atoms with Gasteiger partial charge in [-0.25, -0.2) is 0 Å². The van der Waals surface area contributed by atoms with Gasteiger partial charge >= 0.3 is 0 Å². The summed E-state index contributed by atoms with van der Waals surface area (Å²) in [6.45, 7) is 10.3. The predicted octanol–water partition coefficient (Wildman–Crippen LogP) is 2.75. The molecule has 1 heteroatoms. The number of hydrogen-bond donors (Lipinski definition) is 1. The molecule has 2 atom stereocenters. The van der Waals surface area contributed by atoms with Crippen LogP contribution in [-0.2, 0) is 0 Å². The quantitative estimate of drug-likeness (QED) is 0.597. The van der Waals surface area contributed by atoms with Gasteiger partial charge in [-0.2, -0.15) is 0 Å². The van der Waals surface area contributed by atoms with Crippen molar-refractivity contribution in [1.82, 2.24) is 0 Å². The van der Waals surface area contributed by atoms with Gasteiger partial charge in [-0.05, 0) is 30.1 Å².